The van der Waals surface area contributed by atoms with Crippen molar-refractivity contribution in [2.75, 3.05) is 37.4 Å². The molecule has 2 N–H and O–H groups in total. The highest BCUT2D eigenvalue weighted by Gasteiger charge is 2.39. The van der Waals surface area contributed by atoms with Gasteiger partial charge in [-0.1, -0.05) is 11.6 Å². The predicted octanol–water partition coefficient (Wildman–Crippen LogP) is 5.54. The van der Waals surface area contributed by atoms with Crippen molar-refractivity contribution in [2.45, 2.75) is 25.0 Å². The average molecular weight is 539 g/mol. The van der Waals surface area contributed by atoms with Crippen molar-refractivity contribution in [3.05, 3.63) is 63.6 Å². The first-order valence-corrected chi connectivity index (χ1v) is 13.1. The van der Waals surface area contributed by atoms with E-state index in [0.717, 1.165) is 34.8 Å². The van der Waals surface area contributed by atoms with Crippen LogP contribution in [-0.2, 0) is 16.1 Å². The third kappa shape index (κ3) is 5.93. The van der Waals surface area contributed by atoms with Crippen molar-refractivity contribution in [2.24, 2.45) is 15.0 Å². The summed E-state index contributed by atoms with van der Waals surface area (Å²) in [6.07, 6.45) is 3.41. The van der Waals surface area contributed by atoms with Gasteiger partial charge in [-0.3, -0.25) is 9.98 Å². The number of benzene rings is 2. The fourth-order valence-corrected chi connectivity index (χ4v) is 4.92. The lowest BCUT2D eigenvalue weighted by molar-refractivity contribution is -0.0361. The quantitative estimate of drug-likeness (QED) is 0.302. The van der Waals surface area contributed by atoms with E-state index in [0.29, 0.717) is 54.7 Å². The van der Waals surface area contributed by atoms with E-state index in [1.54, 1.807) is 19.3 Å². The van der Waals surface area contributed by atoms with Gasteiger partial charge in [-0.05, 0) is 43.1 Å². The number of ether oxygens (including phenoxy) is 3. The summed E-state index contributed by atoms with van der Waals surface area (Å²) >= 11 is 8.02. The molecule has 1 spiro atoms. The van der Waals surface area contributed by atoms with Crippen LogP contribution in [0, 0.1) is 0 Å². The summed E-state index contributed by atoms with van der Waals surface area (Å²) in [7, 11) is 1.71. The van der Waals surface area contributed by atoms with Crippen molar-refractivity contribution >= 4 is 58.6 Å². The minimum absolute atomic E-state index is 0.265. The zero-order valence-corrected chi connectivity index (χ0v) is 21.9. The molecule has 1 aromatic heterocycles. The summed E-state index contributed by atoms with van der Waals surface area (Å²) in [6.45, 7) is 6.10. The van der Waals surface area contributed by atoms with Gasteiger partial charge in [0.15, 0.2) is 0 Å². The van der Waals surface area contributed by atoms with Crippen LogP contribution in [0.2, 0.25) is 5.02 Å². The van der Waals surface area contributed by atoms with Crippen LogP contribution in [0.25, 0.3) is 0 Å². The summed E-state index contributed by atoms with van der Waals surface area (Å²) in [5, 5.41) is 9.89. The zero-order valence-electron chi connectivity index (χ0n) is 20.4. The molecule has 2 aromatic carbocycles. The monoisotopic (exact) mass is 538 g/mol. The van der Waals surface area contributed by atoms with Gasteiger partial charge in [-0.2, -0.15) is 0 Å². The normalized spacial score (nSPS) is 16.7. The molecule has 2 aliphatic rings. The Kier molecular flexibility index (Phi) is 7.68. The van der Waals surface area contributed by atoms with Gasteiger partial charge in [0.1, 0.15) is 28.8 Å². The Bertz CT molecular complexity index is 1320. The molecule has 3 aromatic rings. The molecule has 0 aliphatic carbocycles. The molecule has 11 heteroatoms. The first-order chi connectivity index (χ1) is 18.1. The molecule has 0 amide bonds. The smallest absolute Gasteiger partial charge is 0.289 e. The number of aliphatic imine (C=N–C) groups is 3. The summed E-state index contributed by atoms with van der Waals surface area (Å²) < 4.78 is 17.5. The maximum absolute atomic E-state index is 6.49. The van der Waals surface area contributed by atoms with Crippen LogP contribution in [-0.4, -0.2) is 56.0 Å². The Morgan fingerprint density at radius 1 is 1.22 bits per heavy atom. The Morgan fingerprint density at radius 2 is 2.05 bits per heavy atom. The van der Waals surface area contributed by atoms with Crippen molar-refractivity contribution in [3.63, 3.8) is 0 Å². The highest BCUT2D eigenvalue weighted by atomic mass is 35.5. The summed E-state index contributed by atoms with van der Waals surface area (Å²) in [6, 6.07) is 11.7. The molecular formula is C26H27ClN6O3S. The van der Waals surface area contributed by atoms with Crippen LogP contribution in [0.15, 0.2) is 63.0 Å². The molecule has 1 fully saturated rings. The first-order valence-electron chi connectivity index (χ1n) is 11.8. The molecule has 3 heterocycles. The number of hydrogen-bond donors (Lipinski definition) is 2. The first kappa shape index (κ1) is 25.2. The van der Waals surface area contributed by atoms with Crippen molar-refractivity contribution in [3.8, 4) is 5.75 Å². The van der Waals surface area contributed by atoms with E-state index < -0.39 is 0 Å². The number of nitrogens with zero attached hydrogens (tertiary/aromatic N) is 4. The minimum atomic E-state index is -0.265. The molecule has 37 heavy (non-hydrogen) atoms. The fraction of sp³-hybridized carbons (Fsp3) is 0.308. The topological polar surface area (TPSA) is 102 Å². The van der Waals surface area contributed by atoms with E-state index in [1.165, 1.54) is 11.3 Å². The highest BCUT2D eigenvalue weighted by molar-refractivity contribution is 7.09. The van der Waals surface area contributed by atoms with Gasteiger partial charge in [-0.25, -0.2) is 9.98 Å². The van der Waals surface area contributed by atoms with Crippen molar-refractivity contribution < 1.29 is 14.2 Å². The van der Waals surface area contributed by atoms with E-state index in [1.807, 2.05) is 35.7 Å². The fourth-order valence-electron chi connectivity index (χ4n) is 4.16. The lowest BCUT2D eigenvalue weighted by atomic mass is 9.95. The van der Waals surface area contributed by atoms with Crippen LogP contribution in [0.1, 0.15) is 23.4 Å². The third-order valence-corrected chi connectivity index (χ3v) is 7.20. The predicted molar refractivity (Wildman–Crippen MR) is 149 cm³/mol. The van der Waals surface area contributed by atoms with Gasteiger partial charge in [-0.15, -0.1) is 11.3 Å². The molecule has 9 nitrogen and oxygen atoms in total. The largest absolute Gasteiger partial charge is 0.485 e. The average Bonchev–Trinajstić information content (AvgIpc) is 3.57. The lowest BCUT2D eigenvalue weighted by Crippen LogP contribution is -2.40. The number of anilines is 2. The maximum Gasteiger partial charge on any atom is 0.289 e. The molecule has 0 radical (unpaired) electrons. The molecule has 0 saturated carbocycles. The van der Waals surface area contributed by atoms with E-state index >= 15 is 0 Å². The van der Waals surface area contributed by atoms with Gasteiger partial charge in [0.2, 0.25) is 0 Å². The lowest BCUT2D eigenvalue weighted by Gasteiger charge is -2.31. The summed E-state index contributed by atoms with van der Waals surface area (Å²) in [5.41, 5.74) is 2.74. The van der Waals surface area contributed by atoms with Gasteiger partial charge >= 0.3 is 0 Å². The van der Waals surface area contributed by atoms with Crippen LogP contribution in [0.5, 0.6) is 5.75 Å². The van der Waals surface area contributed by atoms with Gasteiger partial charge in [0.05, 0.1) is 30.5 Å². The van der Waals surface area contributed by atoms with Gasteiger partial charge < -0.3 is 24.8 Å². The minimum Gasteiger partial charge on any atom is -0.485 e. The summed E-state index contributed by atoms with van der Waals surface area (Å²) in [5.74, 6) is 1.19. The number of aromatic nitrogens is 1. The Hall–Kier alpha value is -3.47. The Balaban J connectivity index is 1.29. The van der Waals surface area contributed by atoms with Gasteiger partial charge in [0, 0.05) is 48.4 Å². The number of rotatable bonds is 7. The molecule has 0 atom stereocenters. The van der Waals surface area contributed by atoms with E-state index in [2.05, 4.69) is 37.3 Å². The number of amidine groups is 2. The Morgan fingerprint density at radius 3 is 2.78 bits per heavy atom. The van der Waals surface area contributed by atoms with Crippen LogP contribution < -0.4 is 15.4 Å². The number of hydrogen-bond acceptors (Lipinski definition) is 9. The molecule has 2 aliphatic heterocycles. The van der Waals surface area contributed by atoms with E-state index in [-0.39, 0.29) is 5.60 Å². The van der Waals surface area contributed by atoms with Gasteiger partial charge in [0.25, 0.3) is 6.02 Å². The van der Waals surface area contributed by atoms with E-state index in [4.69, 9.17) is 25.8 Å². The van der Waals surface area contributed by atoms with E-state index in [9.17, 15) is 0 Å². The molecule has 1 saturated heterocycles. The number of nitrogens with one attached hydrogen (secondary N) is 2. The zero-order chi connectivity index (χ0) is 25.7. The number of thiazole rings is 1. The SMILES string of the molecule is C=Nc1ccc(NC2=NCC3(CCOCC3)O2)cc1/C(=N\C)Nc1ccc(OCc2nccs2)c(Cl)c1. The second-order valence-corrected chi connectivity index (χ2v) is 9.98. The third-order valence-electron chi connectivity index (χ3n) is 6.15. The second-order valence-electron chi connectivity index (χ2n) is 8.59. The van der Waals surface area contributed by atoms with Crippen molar-refractivity contribution in [1.29, 1.82) is 0 Å². The standard InChI is InChI=1S/C26H27ClN6O3S/c1-28-21-5-3-17(33-25-31-16-26(36-25)7-10-34-11-8-26)13-19(21)24(29-2)32-18-4-6-22(20(27)14-18)35-15-23-30-9-12-37-23/h3-6,9,12-14H,1,7-8,10-11,15-16H2,2H3,(H,29,32)(H,31,33). The van der Waals surface area contributed by atoms with Crippen molar-refractivity contribution in [1.82, 2.24) is 4.98 Å². The Labute approximate surface area is 224 Å². The molecule has 192 valence electrons. The van der Waals surface area contributed by atoms with Crippen LogP contribution >= 0.6 is 22.9 Å². The molecule has 0 unspecified atom stereocenters. The van der Waals surface area contributed by atoms with Crippen LogP contribution in [0.3, 0.4) is 0 Å². The number of halogens is 1. The molecular weight excluding hydrogens is 512 g/mol. The maximum atomic E-state index is 6.49. The molecule has 5 rings (SSSR count). The summed E-state index contributed by atoms with van der Waals surface area (Å²) in [4.78, 5) is 17.4. The highest BCUT2D eigenvalue weighted by Crippen LogP contribution is 2.32. The molecule has 0 bridgehead atoms. The van der Waals surface area contributed by atoms with Crippen LogP contribution in [0.4, 0.5) is 17.1 Å². The second kappa shape index (κ2) is 11.3.